The van der Waals surface area contributed by atoms with Crippen LogP contribution in [0.25, 0.3) is 0 Å². The van der Waals surface area contributed by atoms with Gasteiger partial charge in [-0.05, 0) is 13.3 Å². The van der Waals surface area contributed by atoms with E-state index in [9.17, 15) is 13.2 Å². The van der Waals surface area contributed by atoms with E-state index in [-0.39, 0.29) is 0 Å². The summed E-state index contributed by atoms with van der Waals surface area (Å²) < 4.78 is 36.8. The fourth-order valence-corrected chi connectivity index (χ4v) is 1.11. The molecule has 1 heterocycles. The van der Waals surface area contributed by atoms with Crippen molar-refractivity contribution in [3.8, 4) is 5.88 Å². The molecule has 8 heteroatoms. The molecule has 1 aromatic heterocycles. The first kappa shape index (κ1) is 16.3. The number of nitrogens with zero attached hydrogens (tertiary/aromatic N) is 1. The van der Waals surface area contributed by atoms with E-state index in [0.29, 0.717) is 0 Å². The summed E-state index contributed by atoms with van der Waals surface area (Å²) in [6.07, 6.45) is -2.97. The molecule has 0 spiro atoms. The Morgan fingerprint density at radius 3 is 2.33 bits per heavy atom. The summed E-state index contributed by atoms with van der Waals surface area (Å²) in [5, 5.41) is 7.12. The molecule has 0 aliphatic carbocycles. The van der Waals surface area contributed by atoms with Crippen LogP contribution in [0.15, 0.2) is 0 Å². The van der Waals surface area contributed by atoms with Gasteiger partial charge in [0, 0.05) is 0 Å². The third kappa shape index (κ3) is 5.55. The summed E-state index contributed by atoms with van der Waals surface area (Å²) in [4.78, 5) is 16.2. The normalized spacial score (nSPS) is 10.6. The van der Waals surface area contributed by atoms with Crippen LogP contribution in [0, 0.1) is 6.92 Å². The number of carboxylic acids is 1. The highest BCUT2D eigenvalue weighted by molar-refractivity contribution is 5.73. The number of aryl methyl sites for hydroxylation is 2. The van der Waals surface area contributed by atoms with Crippen LogP contribution in [0.1, 0.15) is 24.9 Å². The topological polar surface area (TPSA) is 75.2 Å². The molecule has 1 aromatic rings. The number of aliphatic carboxylic acids is 1. The number of H-pyrrole nitrogens is 1. The van der Waals surface area contributed by atoms with Gasteiger partial charge in [0.15, 0.2) is 0 Å². The predicted octanol–water partition coefficient (Wildman–Crippen LogP) is 2.31. The van der Waals surface area contributed by atoms with Crippen molar-refractivity contribution in [2.45, 2.75) is 32.9 Å². The van der Waals surface area contributed by atoms with E-state index in [2.05, 4.69) is 16.9 Å². The molecule has 0 fully saturated rings. The van der Waals surface area contributed by atoms with Crippen LogP contribution in [0.3, 0.4) is 0 Å². The number of imidazole rings is 1. The molecule has 0 aliphatic heterocycles. The minimum Gasteiger partial charge on any atom is -0.480 e. The Bertz CT molecular complexity index is 388. The van der Waals surface area contributed by atoms with E-state index in [1.54, 1.807) is 7.11 Å². The fourth-order valence-electron chi connectivity index (χ4n) is 1.11. The molecule has 0 aliphatic rings. The van der Waals surface area contributed by atoms with Gasteiger partial charge in [0.2, 0.25) is 5.88 Å². The highest BCUT2D eigenvalue weighted by atomic mass is 19.4. The zero-order chi connectivity index (χ0) is 14.3. The quantitative estimate of drug-likeness (QED) is 0.882. The van der Waals surface area contributed by atoms with Crippen LogP contribution in [0.2, 0.25) is 0 Å². The minimum atomic E-state index is -5.08. The van der Waals surface area contributed by atoms with Crippen molar-refractivity contribution in [1.29, 1.82) is 0 Å². The number of ether oxygens (including phenoxy) is 1. The summed E-state index contributed by atoms with van der Waals surface area (Å²) in [6.45, 7) is 4.07. The molecule has 1 rings (SSSR count). The Hall–Kier alpha value is -1.73. The number of halogens is 3. The third-order valence-corrected chi connectivity index (χ3v) is 1.80. The predicted molar refractivity (Wildman–Crippen MR) is 57.6 cm³/mol. The second kappa shape index (κ2) is 6.87. The lowest BCUT2D eigenvalue weighted by atomic mass is 10.3. The first-order chi connectivity index (χ1) is 8.22. The Morgan fingerprint density at radius 1 is 1.50 bits per heavy atom. The average molecular weight is 268 g/mol. The lowest BCUT2D eigenvalue weighted by Gasteiger charge is -1.96. The molecule has 104 valence electrons. The van der Waals surface area contributed by atoms with Gasteiger partial charge in [0.05, 0.1) is 12.8 Å². The molecule has 0 unspecified atom stereocenters. The second-order valence-corrected chi connectivity index (χ2v) is 3.36. The highest BCUT2D eigenvalue weighted by Gasteiger charge is 2.38. The number of aromatic nitrogens is 2. The van der Waals surface area contributed by atoms with Gasteiger partial charge in [-0.25, -0.2) is 4.79 Å². The molecular formula is C10H15F3N2O3. The van der Waals surface area contributed by atoms with E-state index >= 15 is 0 Å². The SMILES string of the molecule is CCCc1[nH]c(C)nc1OC.O=C(O)C(F)(F)F. The first-order valence-electron chi connectivity index (χ1n) is 5.11. The van der Waals surface area contributed by atoms with Gasteiger partial charge in [0.25, 0.3) is 0 Å². The van der Waals surface area contributed by atoms with Crippen LogP contribution in [0.5, 0.6) is 5.88 Å². The Morgan fingerprint density at radius 2 is 2.00 bits per heavy atom. The van der Waals surface area contributed by atoms with Crippen LogP contribution < -0.4 is 4.74 Å². The molecule has 5 nitrogen and oxygen atoms in total. The third-order valence-electron chi connectivity index (χ3n) is 1.80. The number of hydrogen-bond donors (Lipinski definition) is 2. The Balaban J connectivity index is 0.000000360. The van der Waals surface area contributed by atoms with Crippen molar-refractivity contribution in [3.05, 3.63) is 11.5 Å². The number of hydrogen-bond acceptors (Lipinski definition) is 3. The lowest BCUT2D eigenvalue weighted by molar-refractivity contribution is -0.192. The molecule has 0 amide bonds. The number of nitrogens with one attached hydrogen (secondary N) is 1. The monoisotopic (exact) mass is 268 g/mol. The molecule has 0 atom stereocenters. The van der Waals surface area contributed by atoms with Gasteiger partial charge >= 0.3 is 12.1 Å². The van der Waals surface area contributed by atoms with Crippen LogP contribution >= 0.6 is 0 Å². The number of rotatable bonds is 3. The molecule has 0 bridgehead atoms. The van der Waals surface area contributed by atoms with Crippen molar-refractivity contribution in [2.24, 2.45) is 0 Å². The molecule has 2 N–H and O–H groups in total. The number of carbonyl (C=O) groups is 1. The lowest BCUT2D eigenvalue weighted by Crippen LogP contribution is -2.21. The van der Waals surface area contributed by atoms with E-state index in [0.717, 1.165) is 30.2 Å². The largest absolute Gasteiger partial charge is 0.490 e. The van der Waals surface area contributed by atoms with E-state index in [4.69, 9.17) is 14.6 Å². The van der Waals surface area contributed by atoms with Crippen LogP contribution in [-0.4, -0.2) is 34.3 Å². The summed E-state index contributed by atoms with van der Waals surface area (Å²) in [6, 6.07) is 0. The second-order valence-electron chi connectivity index (χ2n) is 3.36. The first-order valence-corrected chi connectivity index (χ1v) is 5.11. The Labute approximate surface area is 102 Å². The number of aromatic amines is 1. The number of methoxy groups -OCH3 is 1. The highest BCUT2D eigenvalue weighted by Crippen LogP contribution is 2.15. The molecule has 0 saturated heterocycles. The summed E-state index contributed by atoms with van der Waals surface area (Å²) >= 11 is 0. The smallest absolute Gasteiger partial charge is 0.480 e. The van der Waals surface area contributed by atoms with Crippen molar-refractivity contribution in [3.63, 3.8) is 0 Å². The minimum absolute atomic E-state index is 0.740. The standard InChI is InChI=1S/C8H14N2O.C2HF3O2/c1-4-5-7-8(11-3)10-6(2)9-7;3-2(4,5)1(6)7/h4-5H2,1-3H3,(H,9,10);(H,6,7). The summed E-state index contributed by atoms with van der Waals surface area (Å²) in [5.41, 5.74) is 1.10. The molecule has 0 aromatic carbocycles. The van der Waals surface area contributed by atoms with Crippen molar-refractivity contribution in [2.75, 3.05) is 7.11 Å². The van der Waals surface area contributed by atoms with Crippen LogP contribution in [-0.2, 0) is 11.2 Å². The number of alkyl halides is 3. The maximum absolute atomic E-state index is 10.6. The molecular weight excluding hydrogens is 253 g/mol. The average Bonchev–Trinajstić information content (AvgIpc) is 2.59. The maximum atomic E-state index is 10.6. The van der Waals surface area contributed by atoms with E-state index < -0.39 is 12.1 Å². The molecule has 0 radical (unpaired) electrons. The zero-order valence-corrected chi connectivity index (χ0v) is 10.3. The maximum Gasteiger partial charge on any atom is 0.490 e. The summed E-state index contributed by atoms with van der Waals surface area (Å²) in [7, 11) is 1.65. The van der Waals surface area contributed by atoms with Gasteiger partial charge in [-0.15, -0.1) is 0 Å². The van der Waals surface area contributed by atoms with E-state index in [1.165, 1.54) is 0 Å². The van der Waals surface area contributed by atoms with Crippen molar-refractivity contribution < 1.29 is 27.8 Å². The van der Waals surface area contributed by atoms with Crippen molar-refractivity contribution in [1.82, 2.24) is 9.97 Å². The van der Waals surface area contributed by atoms with Gasteiger partial charge in [-0.1, -0.05) is 13.3 Å². The van der Waals surface area contributed by atoms with Gasteiger partial charge in [-0.3, -0.25) is 0 Å². The van der Waals surface area contributed by atoms with Gasteiger partial charge < -0.3 is 14.8 Å². The van der Waals surface area contributed by atoms with Crippen molar-refractivity contribution >= 4 is 5.97 Å². The van der Waals surface area contributed by atoms with Gasteiger partial charge in [0.1, 0.15) is 5.82 Å². The van der Waals surface area contributed by atoms with Crippen LogP contribution in [0.4, 0.5) is 13.2 Å². The fraction of sp³-hybridized carbons (Fsp3) is 0.600. The number of carboxylic acid groups (broad SMARTS) is 1. The Kier molecular flexibility index (Phi) is 6.21. The molecule has 18 heavy (non-hydrogen) atoms. The summed E-state index contributed by atoms with van der Waals surface area (Å²) in [5.74, 6) is -1.10. The van der Waals surface area contributed by atoms with E-state index in [1.807, 2.05) is 6.92 Å². The van der Waals surface area contributed by atoms with Gasteiger partial charge in [-0.2, -0.15) is 18.2 Å². The molecule has 0 saturated carbocycles. The zero-order valence-electron chi connectivity index (χ0n) is 10.3.